The summed E-state index contributed by atoms with van der Waals surface area (Å²) in [5, 5.41) is 8.75. The highest BCUT2D eigenvalue weighted by atomic mass is 16.2. The molecule has 3 rings (SSSR count). The van der Waals surface area contributed by atoms with Crippen molar-refractivity contribution >= 4 is 17.6 Å². The first-order valence-electron chi connectivity index (χ1n) is 9.98. The van der Waals surface area contributed by atoms with Crippen molar-refractivity contribution in [3.8, 4) is 0 Å². The lowest BCUT2D eigenvalue weighted by molar-refractivity contribution is 0.0951. The van der Waals surface area contributed by atoms with Crippen LogP contribution in [0.15, 0.2) is 67.3 Å². The van der Waals surface area contributed by atoms with Crippen LogP contribution in [0.4, 0.5) is 10.5 Å². The molecule has 152 valence electrons. The van der Waals surface area contributed by atoms with Crippen molar-refractivity contribution in [1.82, 2.24) is 16.0 Å². The van der Waals surface area contributed by atoms with Crippen LogP contribution < -0.4 is 20.9 Å². The topological polar surface area (TPSA) is 73.5 Å². The number of rotatable bonds is 7. The number of hydrogen-bond donors (Lipinski definition) is 3. The number of para-hydroxylation sites is 1. The van der Waals surface area contributed by atoms with Crippen LogP contribution in [0.5, 0.6) is 0 Å². The van der Waals surface area contributed by atoms with E-state index in [2.05, 4.69) is 27.4 Å². The quantitative estimate of drug-likeness (QED) is 0.634. The monoisotopic (exact) mass is 392 g/mol. The van der Waals surface area contributed by atoms with E-state index >= 15 is 0 Å². The van der Waals surface area contributed by atoms with Crippen molar-refractivity contribution < 1.29 is 9.59 Å². The van der Waals surface area contributed by atoms with Gasteiger partial charge in [0.15, 0.2) is 0 Å². The summed E-state index contributed by atoms with van der Waals surface area (Å²) in [4.78, 5) is 26.8. The number of piperidine rings is 1. The summed E-state index contributed by atoms with van der Waals surface area (Å²) in [6, 6.07) is 17.5. The molecule has 0 spiro atoms. The zero-order chi connectivity index (χ0) is 20.5. The molecule has 6 nitrogen and oxygen atoms in total. The molecule has 0 saturated carbocycles. The highest BCUT2D eigenvalue weighted by molar-refractivity contribution is 5.99. The predicted octanol–water partition coefficient (Wildman–Crippen LogP) is 3.07. The van der Waals surface area contributed by atoms with E-state index in [4.69, 9.17) is 0 Å². The number of nitrogens with zero attached hydrogens (tertiary/aromatic N) is 1. The molecule has 6 heteroatoms. The number of hydrogen-bond acceptors (Lipinski definition) is 3. The van der Waals surface area contributed by atoms with E-state index in [1.807, 2.05) is 54.6 Å². The van der Waals surface area contributed by atoms with Crippen molar-refractivity contribution in [3.63, 3.8) is 0 Å². The van der Waals surface area contributed by atoms with Crippen molar-refractivity contribution in [1.29, 1.82) is 0 Å². The minimum atomic E-state index is -0.163. The van der Waals surface area contributed by atoms with Crippen LogP contribution in [0.1, 0.15) is 28.8 Å². The van der Waals surface area contributed by atoms with Crippen LogP contribution in [0.3, 0.4) is 0 Å². The summed E-state index contributed by atoms with van der Waals surface area (Å²) in [7, 11) is 0. The maximum Gasteiger partial charge on any atom is 0.315 e. The van der Waals surface area contributed by atoms with Gasteiger partial charge in [-0.2, -0.15) is 0 Å². The molecular weight excluding hydrogens is 364 g/mol. The van der Waals surface area contributed by atoms with E-state index in [0.29, 0.717) is 18.7 Å². The van der Waals surface area contributed by atoms with Crippen molar-refractivity contribution in [2.75, 3.05) is 24.5 Å². The molecule has 0 bridgehead atoms. The molecule has 1 aliphatic rings. The number of urea groups is 1. The first kappa shape index (κ1) is 20.5. The number of nitrogens with one attached hydrogen (secondary N) is 3. The van der Waals surface area contributed by atoms with E-state index in [9.17, 15) is 9.59 Å². The fraction of sp³-hybridized carbons (Fsp3) is 0.304. The van der Waals surface area contributed by atoms with Crippen LogP contribution in [0.25, 0.3) is 0 Å². The second-order valence-corrected chi connectivity index (χ2v) is 7.09. The zero-order valence-corrected chi connectivity index (χ0v) is 16.6. The van der Waals surface area contributed by atoms with E-state index in [-0.39, 0.29) is 18.0 Å². The van der Waals surface area contributed by atoms with E-state index in [1.165, 1.54) is 0 Å². The first-order chi connectivity index (χ1) is 14.2. The average molecular weight is 393 g/mol. The summed E-state index contributed by atoms with van der Waals surface area (Å²) >= 11 is 0. The summed E-state index contributed by atoms with van der Waals surface area (Å²) < 4.78 is 0. The Morgan fingerprint density at radius 3 is 2.41 bits per heavy atom. The molecule has 0 aromatic heterocycles. The second kappa shape index (κ2) is 10.3. The van der Waals surface area contributed by atoms with Gasteiger partial charge in [-0.3, -0.25) is 4.79 Å². The number of benzene rings is 2. The molecule has 1 fully saturated rings. The van der Waals surface area contributed by atoms with Crippen LogP contribution in [0, 0.1) is 0 Å². The minimum absolute atomic E-state index is 0.0755. The Hall–Kier alpha value is -3.28. The molecule has 2 aromatic carbocycles. The van der Waals surface area contributed by atoms with Crippen LogP contribution in [-0.2, 0) is 6.54 Å². The van der Waals surface area contributed by atoms with Crippen LogP contribution in [-0.4, -0.2) is 37.6 Å². The second-order valence-electron chi connectivity index (χ2n) is 7.09. The first-order valence-corrected chi connectivity index (χ1v) is 9.98. The number of amides is 3. The third kappa shape index (κ3) is 5.85. The third-order valence-electron chi connectivity index (χ3n) is 5.02. The molecule has 1 saturated heterocycles. The van der Waals surface area contributed by atoms with Gasteiger partial charge in [0.25, 0.3) is 5.91 Å². The number of carbonyl (C=O) groups excluding carboxylic acids is 2. The average Bonchev–Trinajstić information content (AvgIpc) is 2.77. The fourth-order valence-electron chi connectivity index (χ4n) is 3.48. The number of carbonyl (C=O) groups is 2. The normalized spacial score (nSPS) is 14.1. The molecule has 1 heterocycles. The molecule has 0 unspecified atom stereocenters. The molecule has 3 amide bonds. The predicted molar refractivity (Wildman–Crippen MR) is 116 cm³/mol. The Morgan fingerprint density at radius 2 is 1.69 bits per heavy atom. The summed E-state index contributed by atoms with van der Waals surface area (Å²) in [5.41, 5.74) is 2.69. The molecular formula is C23H28N4O2. The lowest BCUT2D eigenvalue weighted by atomic mass is 10.0. The van der Waals surface area contributed by atoms with Gasteiger partial charge in [0, 0.05) is 37.9 Å². The fourth-order valence-corrected chi connectivity index (χ4v) is 3.48. The largest absolute Gasteiger partial charge is 0.371 e. The van der Waals surface area contributed by atoms with Gasteiger partial charge in [-0.15, -0.1) is 6.58 Å². The smallest absolute Gasteiger partial charge is 0.315 e. The minimum Gasteiger partial charge on any atom is -0.371 e. The van der Waals surface area contributed by atoms with E-state index in [0.717, 1.165) is 37.2 Å². The van der Waals surface area contributed by atoms with Gasteiger partial charge in [0.2, 0.25) is 0 Å². The van der Waals surface area contributed by atoms with Gasteiger partial charge in [0.05, 0.1) is 5.56 Å². The van der Waals surface area contributed by atoms with Gasteiger partial charge in [-0.05, 0) is 30.5 Å². The van der Waals surface area contributed by atoms with Crippen LogP contribution >= 0.6 is 0 Å². The highest BCUT2D eigenvalue weighted by Crippen LogP contribution is 2.24. The molecule has 2 aromatic rings. The van der Waals surface area contributed by atoms with Gasteiger partial charge in [0.1, 0.15) is 0 Å². The Balaban J connectivity index is 1.57. The zero-order valence-electron chi connectivity index (χ0n) is 16.6. The van der Waals surface area contributed by atoms with Crippen molar-refractivity contribution in [2.45, 2.75) is 25.4 Å². The van der Waals surface area contributed by atoms with Gasteiger partial charge in [-0.25, -0.2) is 4.79 Å². The van der Waals surface area contributed by atoms with E-state index in [1.54, 1.807) is 6.08 Å². The molecule has 0 aliphatic carbocycles. The van der Waals surface area contributed by atoms with Gasteiger partial charge in [-0.1, -0.05) is 48.5 Å². The van der Waals surface area contributed by atoms with Crippen molar-refractivity contribution in [2.24, 2.45) is 0 Å². The van der Waals surface area contributed by atoms with Gasteiger partial charge >= 0.3 is 6.03 Å². The highest BCUT2D eigenvalue weighted by Gasteiger charge is 2.23. The Kier molecular flexibility index (Phi) is 7.28. The molecule has 29 heavy (non-hydrogen) atoms. The summed E-state index contributed by atoms with van der Waals surface area (Å²) in [5.74, 6) is -0.0755. The Morgan fingerprint density at radius 1 is 1.00 bits per heavy atom. The van der Waals surface area contributed by atoms with Crippen LogP contribution in [0.2, 0.25) is 0 Å². The summed E-state index contributed by atoms with van der Waals surface area (Å²) in [6.45, 7) is 6.12. The maximum absolute atomic E-state index is 12.8. The van der Waals surface area contributed by atoms with E-state index < -0.39 is 0 Å². The lowest BCUT2D eigenvalue weighted by Gasteiger charge is -2.34. The molecule has 0 atom stereocenters. The maximum atomic E-state index is 12.8. The standard InChI is InChI=1S/C23H28N4O2/c1-2-14-24-23(29)26-19-12-15-27(16-13-19)21-11-7-6-10-20(21)22(28)25-17-18-8-4-3-5-9-18/h2-11,19H,1,12-17H2,(H,25,28)(H2,24,26,29). The Bertz CT molecular complexity index is 830. The van der Waals surface area contributed by atoms with Crippen molar-refractivity contribution in [3.05, 3.63) is 78.4 Å². The Labute approximate surface area is 172 Å². The SMILES string of the molecule is C=CCNC(=O)NC1CCN(c2ccccc2C(=O)NCc2ccccc2)CC1. The van der Waals surface area contributed by atoms with Gasteiger partial charge < -0.3 is 20.9 Å². The summed E-state index contributed by atoms with van der Waals surface area (Å²) in [6.07, 6.45) is 3.32. The third-order valence-corrected chi connectivity index (χ3v) is 5.02. The molecule has 3 N–H and O–H groups in total. The molecule has 1 aliphatic heterocycles. The number of anilines is 1. The lowest BCUT2D eigenvalue weighted by Crippen LogP contribution is -2.48. The molecule has 0 radical (unpaired) electrons.